The monoisotopic (exact) mass is 334 g/mol. The van der Waals surface area contributed by atoms with Crippen LogP contribution in [0.2, 0.25) is 0 Å². The molecule has 0 spiro atoms. The Bertz CT molecular complexity index is 399. The maximum atomic E-state index is 9.83. The van der Waals surface area contributed by atoms with Gasteiger partial charge in [0, 0.05) is 6.42 Å². The highest BCUT2D eigenvalue weighted by molar-refractivity contribution is 6.40. The predicted molar refractivity (Wildman–Crippen MR) is 79.9 cm³/mol. The number of alkyl halides is 2. The molecule has 0 bridgehead atoms. The summed E-state index contributed by atoms with van der Waals surface area (Å²) in [5, 5.41) is 17.1. The predicted octanol–water partition coefficient (Wildman–Crippen LogP) is 1.46. The molecule has 10 heteroatoms. The normalized spacial score (nSPS) is 7.71. The average molecular weight is 335 g/mol. The maximum Gasteiger partial charge on any atom is 0.142 e. The van der Waals surface area contributed by atoms with E-state index >= 15 is 0 Å². The topological polar surface area (TPSA) is 106 Å². The first-order valence-electron chi connectivity index (χ1n) is 5.52. The molecule has 0 aliphatic rings. The van der Waals surface area contributed by atoms with E-state index in [4.69, 9.17) is 28.0 Å². The first-order chi connectivity index (χ1) is 10.3. The number of aryl methyl sites for hydroxylation is 1. The molecular weight excluding hydrogens is 319 g/mol. The Morgan fingerprint density at radius 2 is 1.57 bits per heavy atom. The number of aldehydes is 2. The highest BCUT2D eigenvalue weighted by Crippen LogP contribution is 1.79. The molecule has 0 saturated heterocycles. The van der Waals surface area contributed by atoms with Crippen LogP contribution >= 0.6 is 23.2 Å². The van der Waals surface area contributed by atoms with Gasteiger partial charge >= 0.3 is 0 Å². The van der Waals surface area contributed by atoms with Crippen LogP contribution in [0.4, 0.5) is 0 Å². The summed E-state index contributed by atoms with van der Waals surface area (Å²) in [6.07, 6.45) is 9.51. The van der Waals surface area contributed by atoms with Gasteiger partial charge in [-0.25, -0.2) is 0 Å². The fourth-order valence-electron chi connectivity index (χ4n) is 0.694. The summed E-state index contributed by atoms with van der Waals surface area (Å²) in [5.41, 5.74) is 0. The number of halogens is 2. The Hall–Kier alpha value is -2.06. The zero-order valence-electron chi connectivity index (χ0n) is 11.2. The van der Waals surface area contributed by atoms with Gasteiger partial charge in [-0.1, -0.05) is 6.58 Å². The van der Waals surface area contributed by atoms with Crippen LogP contribution in [0.25, 0.3) is 0 Å². The van der Waals surface area contributed by atoms with E-state index < -0.39 is 0 Å². The van der Waals surface area contributed by atoms with Gasteiger partial charge in [-0.2, -0.15) is 30.4 Å². The largest absolute Gasteiger partial charge is 0.303 e. The molecular formula is C11H16Cl2N6O2. The summed E-state index contributed by atoms with van der Waals surface area (Å²) >= 11 is 9.53. The number of aromatic amines is 1. The highest BCUT2D eigenvalue weighted by Gasteiger charge is 1.87. The molecule has 8 nitrogen and oxygen atoms in total. The molecule has 2 aromatic rings. The van der Waals surface area contributed by atoms with Crippen LogP contribution in [0.3, 0.4) is 0 Å². The fraction of sp³-hybridized carbons (Fsp3) is 0.273. The van der Waals surface area contributed by atoms with Crippen LogP contribution in [0.5, 0.6) is 0 Å². The minimum atomic E-state index is 0.194. The molecule has 2 aromatic heterocycles. The lowest BCUT2D eigenvalue weighted by Crippen LogP contribution is -2.01. The van der Waals surface area contributed by atoms with Crippen molar-refractivity contribution in [3.05, 3.63) is 37.4 Å². The number of nitrogens with zero attached hydrogens (tertiary/aromatic N) is 5. The number of hydrogen-bond donors (Lipinski definition) is 1. The van der Waals surface area contributed by atoms with Crippen molar-refractivity contribution in [2.45, 2.75) is 13.0 Å². The van der Waals surface area contributed by atoms with Gasteiger partial charge in [0.15, 0.2) is 0 Å². The third-order valence-electron chi connectivity index (χ3n) is 1.34. The number of H-pyrrole nitrogens is 1. The number of aromatic nitrogens is 6. The average Bonchev–Trinajstić information content (AvgIpc) is 3.21. The number of carbonyl (C=O) groups is 2. The minimum Gasteiger partial charge on any atom is -0.303 e. The molecule has 0 atom stereocenters. The maximum absolute atomic E-state index is 9.83. The third kappa shape index (κ3) is 20.4. The Morgan fingerprint density at radius 1 is 1.10 bits per heavy atom. The summed E-state index contributed by atoms with van der Waals surface area (Å²) in [6, 6.07) is 0. The molecule has 0 aromatic carbocycles. The summed E-state index contributed by atoms with van der Waals surface area (Å²) < 4.78 is 0. The van der Waals surface area contributed by atoms with Crippen LogP contribution < -0.4 is 0 Å². The molecule has 21 heavy (non-hydrogen) atoms. The molecule has 1 N–H and O–H groups in total. The number of nitrogens with one attached hydrogen (secondary N) is 1. The molecule has 0 unspecified atom stereocenters. The summed E-state index contributed by atoms with van der Waals surface area (Å²) in [4.78, 5) is 20.4. The molecule has 116 valence electrons. The second-order valence-corrected chi connectivity index (χ2v) is 3.52. The van der Waals surface area contributed by atoms with Gasteiger partial charge in [-0.05, 0) is 6.08 Å². The number of rotatable bonds is 4. The van der Waals surface area contributed by atoms with Crippen molar-refractivity contribution in [2.75, 3.05) is 5.34 Å². The van der Waals surface area contributed by atoms with E-state index in [1.54, 1.807) is 24.8 Å². The standard InChI is InChI=1S/C5H7N3O.C3H4O.C2H3N3.CH2Cl2/c9-5-1-4-8-6-2-3-7-8;1-2-3-4;1-2-4-5-3-1;2-1-3/h2-3,5H,1,4H2;2-3H,1H2;1-2H,(H,3,4,5);1H2. The SMILES string of the molecule is C=CC=O.ClCCl.O=CCCn1nccn1.c1cn[nH]n1. The second-order valence-electron chi connectivity index (χ2n) is 2.71. The lowest BCUT2D eigenvalue weighted by Gasteiger charge is -1.90. The van der Waals surface area contributed by atoms with Crippen molar-refractivity contribution in [2.24, 2.45) is 0 Å². The van der Waals surface area contributed by atoms with Crippen molar-refractivity contribution in [3.63, 3.8) is 0 Å². The first kappa shape index (κ1) is 21.2. The van der Waals surface area contributed by atoms with Crippen molar-refractivity contribution >= 4 is 35.8 Å². The van der Waals surface area contributed by atoms with Crippen LogP contribution in [0, 0.1) is 0 Å². The van der Waals surface area contributed by atoms with Gasteiger partial charge in [-0.15, -0.1) is 23.2 Å². The van der Waals surface area contributed by atoms with Gasteiger partial charge in [0.2, 0.25) is 0 Å². The smallest absolute Gasteiger partial charge is 0.142 e. The van der Waals surface area contributed by atoms with Crippen LogP contribution in [-0.2, 0) is 16.1 Å². The molecule has 0 amide bonds. The molecule has 0 radical (unpaired) electrons. The summed E-state index contributed by atoms with van der Waals surface area (Å²) in [5.74, 6) is 0. The Balaban J connectivity index is 0. The second kappa shape index (κ2) is 20.3. The van der Waals surface area contributed by atoms with Gasteiger partial charge in [0.25, 0.3) is 0 Å². The molecule has 2 heterocycles. The number of hydrogen-bond acceptors (Lipinski definition) is 6. The number of carbonyl (C=O) groups excluding carboxylic acids is 2. The van der Waals surface area contributed by atoms with Crippen LogP contribution in [0.15, 0.2) is 37.4 Å². The van der Waals surface area contributed by atoms with E-state index in [1.807, 2.05) is 0 Å². The minimum absolute atomic E-state index is 0.194. The summed E-state index contributed by atoms with van der Waals surface area (Å²) in [7, 11) is 0. The van der Waals surface area contributed by atoms with Crippen molar-refractivity contribution in [1.82, 2.24) is 30.4 Å². The zero-order valence-corrected chi connectivity index (χ0v) is 12.7. The van der Waals surface area contributed by atoms with Crippen LogP contribution in [0.1, 0.15) is 6.42 Å². The Kier molecular flexibility index (Phi) is 20.5. The van der Waals surface area contributed by atoms with Gasteiger partial charge < -0.3 is 4.79 Å². The molecule has 0 fully saturated rings. The van der Waals surface area contributed by atoms with E-state index in [0.717, 1.165) is 6.29 Å². The van der Waals surface area contributed by atoms with E-state index in [2.05, 4.69) is 32.2 Å². The van der Waals surface area contributed by atoms with Crippen molar-refractivity contribution in [1.29, 1.82) is 0 Å². The van der Waals surface area contributed by atoms with E-state index in [9.17, 15) is 4.79 Å². The van der Waals surface area contributed by atoms with E-state index in [-0.39, 0.29) is 5.34 Å². The first-order valence-corrected chi connectivity index (χ1v) is 6.59. The molecule has 2 rings (SSSR count). The van der Waals surface area contributed by atoms with Crippen molar-refractivity contribution < 1.29 is 9.59 Å². The molecule has 0 saturated carbocycles. The fourth-order valence-corrected chi connectivity index (χ4v) is 0.694. The van der Waals surface area contributed by atoms with Crippen LogP contribution in [-0.4, -0.2) is 48.3 Å². The van der Waals surface area contributed by atoms with Gasteiger partial charge in [0.05, 0.1) is 36.7 Å². The van der Waals surface area contributed by atoms with Gasteiger partial charge in [0.1, 0.15) is 12.6 Å². The third-order valence-corrected chi connectivity index (χ3v) is 1.34. The molecule has 0 aliphatic heterocycles. The number of allylic oxidation sites excluding steroid dienone is 1. The summed E-state index contributed by atoms with van der Waals surface area (Å²) in [6.45, 7) is 3.69. The highest BCUT2D eigenvalue weighted by atomic mass is 35.5. The van der Waals surface area contributed by atoms with E-state index in [0.29, 0.717) is 19.3 Å². The lowest BCUT2D eigenvalue weighted by atomic mass is 10.5. The lowest BCUT2D eigenvalue weighted by molar-refractivity contribution is -0.108. The van der Waals surface area contributed by atoms with Gasteiger partial charge in [-0.3, -0.25) is 4.79 Å². The quantitative estimate of drug-likeness (QED) is 0.515. The zero-order chi connectivity index (χ0) is 16.2. The molecule has 0 aliphatic carbocycles. The Morgan fingerprint density at radius 3 is 1.86 bits per heavy atom. The van der Waals surface area contributed by atoms with Crippen molar-refractivity contribution in [3.8, 4) is 0 Å². The Labute approximate surface area is 132 Å². The van der Waals surface area contributed by atoms with E-state index in [1.165, 1.54) is 10.9 Å².